The summed E-state index contributed by atoms with van der Waals surface area (Å²) in [6.45, 7) is 2.23. The fraction of sp³-hybridized carbons (Fsp3) is 0.538. The van der Waals surface area contributed by atoms with Crippen LogP contribution in [0.2, 0.25) is 0 Å². The molecule has 0 spiro atoms. The predicted molar refractivity (Wildman–Crippen MR) is 127 cm³/mol. The van der Waals surface area contributed by atoms with E-state index in [1.165, 1.54) is 57.4 Å². The van der Waals surface area contributed by atoms with Crippen molar-refractivity contribution in [2.45, 2.75) is 95.3 Å². The Hall–Kier alpha value is -1.05. The number of ether oxygens (including phenoxy) is 1. The van der Waals surface area contributed by atoms with Crippen LogP contribution in [0.25, 0.3) is 0 Å². The van der Waals surface area contributed by atoms with Gasteiger partial charge in [-0.1, -0.05) is 108 Å². The average Bonchev–Trinajstić information content (AvgIpc) is 2.76. The molecule has 0 saturated heterocycles. The number of unbranched alkanes of at least 4 members (excludes halogenated alkanes) is 11. The van der Waals surface area contributed by atoms with Crippen molar-refractivity contribution in [3.63, 3.8) is 0 Å². The van der Waals surface area contributed by atoms with Gasteiger partial charge in [0.15, 0.2) is 0 Å². The van der Waals surface area contributed by atoms with Gasteiger partial charge in [0.25, 0.3) is 10.1 Å². The zero-order chi connectivity index (χ0) is 23.2. The molecule has 0 saturated carbocycles. The number of hydrogen-bond acceptors (Lipinski definition) is 4. The van der Waals surface area contributed by atoms with Gasteiger partial charge in [-0.15, -0.1) is 0 Å². The summed E-state index contributed by atoms with van der Waals surface area (Å²) in [6, 6.07) is 11.6. The molecule has 0 radical (unpaired) electrons. The Kier molecular flexibility index (Phi) is 15.0. The van der Waals surface area contributed by atoms with Crippen LogP contribution in [-0.2, 0) is 16.5 Å². The smallest absolute Gasteiger partial charge is 0.872 e. The van der Waals surface area contributed by atoms with E-state index < -0.39 is 20.8 Å². The maximum absolute atomic E-state index is 12.2. The molecule has 0 aromatic heterocycles. The minimum absolute atomic E-state index is 0. The average molecular weight is 485 g/mol. The van der Waals surface area contributed by atoms with E-state index in [9.17, 15) is 18.1 Å². The van der Waals surface area contributed by atoms with Crippen LogP contribution in [0.15, 0.2) is 47.4 Å². The van der Waals surface area contributed by atoms with Crippen LogP contribution in [0.3, 0.4) is 0 Å². The molecule has 5 nitrogen and oxygen atoms in total. The standard InChI is InChI=1S/C26H38O5S.Na/c1-2-3-4-5-6-7-8-9-10-11-12-16-19-23-25(31-22-17-14-13-15-18-22)21-20-24(27)26(23)32(28,29)30;/h13-15,17-18,20-21,27H,2-12,16,19H2,1H3,(H,28,29,30);/q;+1/p-1. The molecular weight excluding hydrogens is 447 g/mol. The summed E-state index contributed by atoms with van der Waals surface area (Å²) in [5.74, 6) is 0.136. The Morgan fingerprint density at radius 1 is 0.788 bits per heavy atom. The zero-order valence-corrected chi connectivity index (χ0v) is 23.0. The number of benzene rings is 2. The van der Waals surface area contributed by atoms with Crippen molar-refractivity contribution in [3.05, 3.63) is 48.0 Å². The van der Waals surface area contributed by atoms with E-state index in [0.29, 0.717) is 17.9 Å². The van der Waals surface area contributed by atoms with Crippen LogP contribution in [0.5, 0.6) is 17.2 Å². The van der Waals surface area contributed by atoms with Crippen LogP contribution in [0.1, 0.15) is 89.5 Å². The normalized spacial score (nSPS) is 11.2. The first-order valence-corrected chi connectivity index (χ1v) is 13.4. The Morgan fingerprint density at radius 3 is 1.82 bits per heavy atom. The molecule has 0 unspecified atom stereocenters. The van der Waals surface area contributed by atoms with Gasteiger partial charge in [-0.25, -0.2) is 0 Å². The SMILES string of the molecule is CCCCCCCCCCCCCCc1c(Oc2ccccc2)ccc([O-])c1S(=O)(=O)O.[Na+]. The van der Waals surface area contributed by atoms with Crippen molar-refractivity contribution < 1.29 is 52.4 Å². The molecular formula is C26H37NaO5S. The van der Waals surface area contributed by atoms with E-state index >= 15 is 0 Å². The van der Waals surface area contributed by atoms with Gasteiger partial charge in [0.1, 0.15) is 11.5 Å². The predicted octanol–water partition coefficient (Wildman–Crippen LogP) is 4.05. The van der Waals surface area contributed by atoms with Gasteiger partial charge in [-0.05, 0) is 31.0 Å². The van der Waals surface area contributed by atoms with Gasteiger partial charge < -0.3 is 9.84 Å². The van der Waals surface area contributed by atoms with Gasteiger partial charge in [0.2, 0.25) is 0 Å². The van der Waals surface area contributed by atoms with Crippen molar-refractivity contribution in [2.24, 2.45) is 0 Å². The summed E-state index contributed by atoms with van der Waals surface area (Å²) < 4.78 is 39.3. The van der Waals surface area contributed by atoms with Crippen LogP contribution in [-0.4, -0.2) is 13.0 Å². The maximum atomic E-state index is 12.2. The third kappa shape index (κ3) is 11.3. The van der Waals surface area contributed by atoms with E-state index in [1.807, 2.05) is 18.2 Å². The van der Waals surface area contributed by atoms with Crippen LogP contribution < -0.4 is 39.4 Å². The molecule has 0 amide bonds. The first-order chi connectivity index (χ1) is 15.4. The summed E-state index contributed by atoms with van der Waals surface area (Å²) in [7, 11) is -4.64. The monoisotopic (exact) mass is 484 g/mol. The van der Waals surface area contributed by atoms with Crippen molar-refractivity contribution in [2.75, 3.05) is 0 Å². The molecule has 178 valence electrons. The Morgan fingerprint density at radius 2 is 1.30 bits per heavy atom. The molecule has 2 aromatic rings. The molecule has 0 bridgehead atoms. The second kappa shape index (κ2) is 16.6. The molecule has 0 atom stereocenters. The van der Waals surface area contributed by atoms with Gasteiger partial charge in [-0.3, -0.25) is 4.55 Å². The number of rotatable bonds is 16. The third-order valence-electron chi connectivity index (χ3n) is 5.69. The molecule has 1 N–H and O–H groups in total. The Bertz CT molecular complexity index is 900. The van der Waals surface area contributed by atoms with E-state index in [0.717, 1.165) is 31.7 Å². The minimum Gasteiger partial charge on any atom is -0.872 e. The molecule has 0 fully saturated rings. The molecule has 0 aliphatic heterocycles. The topological polar surface area (TPSA) is 86.7 Å². The number of para-hydroxylation sites is 1. The van der Waals surface area contributed by atoms with Crippen molar-refractivity contribution in [1.82, 2.24) is 0 Å². The summed E-state index contributed by atoms with van der Waals surface area (Å²) >= 11 is 0. The second-order valence-corrected chi connectivity index (χ2v) is 9.76. The minimum atomic E-state index is -4.64. The van der Waals surface area contributed by atoms with Crippen molar-refractivity contribution in [1.29, 1.82) is 0 Å². The molecule has 2 aromatic carbocycles. The van der Waals surface area contributed by atoms with Gasteiger partial charge in [0.05, 0.1) is 4.90 Å². The van der Waals surface area contributed by atoms with Crippen LogP contribution in [0.4, 0.5) is 0 Å². The Labute approximate surface area is 222 Å². The Balaban J connectivity index is 0.00000544. The molecule has 0 heterocycles. The summed E-state index contributed by atoms with van der Waals surface area (Å²) in [4.78, 5) is -0.561. The quantitative estimate of drug-likeness (QED) is 0.221. The summed E-state index contributed by atoms with van der Waals surface area (Å²) in [5.41, 5.74) is 0.260. The summed E-state index contributed by atoms with van der Waals surface area (Å²) in [6.07, 6.45) is 14.7. The fourth-order valence-corrected chi connectivity index (χ4v) is 4.80. The first-order valence-electron chi connectivity index (χ1n) is 12.0. The molecule has 0 aliphatic rings. The second-order valence-electron chi connectivity index (χ2n) is 8.40. The third-order valence-corrected chi connectivity index (χ3v) is 6.65. The van der Waals surface area contributed by atoms with E-state index in [4.69, 9.17) is 4.74 Å². The van der Waals surface area contributed by atoms with Crippen LogP contribution >= 0.6 is 0 Å². The van der Waals surface area contributed by atoms with Gasteiger partial charge in [0, 0.05) is 5.56 Å². The number of hydrogen-bond donors (Lipinski definition) is 1. The zero-order valence-electron chi connectivity index (χ0n) is 20.2. The van der Waals surface area contributed by atoms with Gasteiger partial charge >= 0.3 is 29.6 Å². The van der Waals surface area contributed by atoms with E-state index in [2.05, 4.69) is 6.92 Å². The van der Waals surface area contributed by atoms with E-state index in [1.54, 1.807) is 12.1 Å². The van der Waals surface area contributed by atoms with Gasteiger partial charge in [-0.2, -0.15) is 8.42 Å². The largest absolute Gasteiger partial charge is 1.00 e. The molecule has 2 rings (SSSR count). The first kappa shape index (κ1) is 30.0. The molecule has 33 heavy (non-hydrogen) atoms. The maximum Gasteiger partial charge on any atom is 1.00 e. The molecule has 0 aliphatic carbocycles. The van der Waals surface area contributed by atoms with Crippen LogP contribution in [0, 0.1) is 0 Å². The van der Waals surface area contributed by atoms with Crippen molar-refractivity contribution >= 4 is 10.1 Å². The fourth-order valence-electron chi connectivity index (χ4n) is 3.96. The summed E-state index contributed by atoms with van der Waals surface area (Å²) in [5, 5.41) is 12.2. The van der Waals surface area contributed by atoms with E-state index in [-0.39, 0.29) is 35.1 Å². The molecule has 7 heteroatoms. The van der Waals surface area contributed by atoms with Crippen molar-refractivity contribution in [3.8, 4) is 17.2 Å².